The molecule has 0 bridgehead atoms. The molecular weight excluding hydrogens is 226 g/mol. The van der Waals surface area contributed by atoms with Gasteiger partial charge in [-0.2, -0.15) is 0 Å². The fraction of sp³-hybridized carbons (Fsp3) is 0.533. The molecule has 3 heteroatoms. The molecule has 1 amide bonds. The van der Waals surface area contributed by atoms with Gasteiger partial charge in [-0.1, -0.05) is 27.7 Å². The molecule has 0 saturated heterocycles. The van der Waals surface area contributed by atoms with E-state index >= 15 is 0 Å². The summed E-state index contributed by atoms with van der Waals surface area (Å²) in [5, 5.41) is 3.09. The lowest BCUT2D eigenvalue weighted by Gasteiger charge is -2.26. The summed E-state index contributed by atoms with van der Waals surface area (Å²) in [4.78, 5) is 12.1. The van der Waals surface area contributed by atoms with Gasteiger partial charge in [0.15, 0.2) is 0 Å². The van der Waals surface area contributed by atoms with Crippen LogP contribution in [-0.4, -0.2) is 19.1 Å². The Balaban J connectivity index is 2.74. The second-order valence-electron chi connectivity index (χ2n) is 5.22. The third kappa shape index (κ3) is 3.76. The molecule has 100 valence electrons. The molecule has 1 rings (SSSR count). The molecule has 0 unspecified atom stereocenters. The van der Waals surface area contributed by atoms with Crippen LogP contribution in [0.15, 0.2) is 24.3 Å². The maximum Gasteiger partial charge on any atom is 0.251 e. The molecule has 1 aromatic carbocycles. The Kier molecular flexibility index (Phi) is 5.20. The van der Waals surface area contributed by atoms with E-state index < -0.39 is 0 Å². The summed E-state index contributed by atoms with van der Waals surface area (Å²) in [6, 6.07) is 7.36. The van der Waals surface area contributed by atoms with Gasteiger partial charge in [-0.25, -0.2) is 0 Å². The van der Waals surface area contributed by atoms with E-state index in [4.69, 9.17) is 4.74 Å². The number of carbonyl (C=O) groups is 1. The molecule has 0 atom stereocenters. The maximum atomic E-state index is 12.1. The van der Waals surface area contributed by atoms with Crippen molar-refractivity contribution in [3.8, 4) is 5.75 Å². The summed E-state index contributed by atoms with van der Waals surface area (Å²) in [6.07, 6.45) is 0. The molecule has 0 aliphatic heterocycles. The zero-order chi connectivity index (χ0) is 13.7. The van der Waals surface area contributed by atoms with E-state index in [-0.39, 0.29) is 11.9 Å². The van der Waals surface area contributed by atoms with Crippen molar-refractivity contribution < 1.29 is 9.53 Å². The van der Waals surface area contributed by atoms with Gasteiger partial charge in [-0.15, -0.1) is 0 Å². The van der Waals surface area contributed by atoms with Crippen LogP contribution in [0, 0.1) is 11.8 Å². The SMILES string of the molecule is COc1ccc(C(=O)NC(C(C)C)C(C)C)cc1. The molecular formula is C15H23NO2. The summed E-state index contributed by atoms with van der Waals surface area (Å²) in [5.74, 6) is 1.58. The third-order valence-electron chi connectivity index (χ3n) is 3.09. The van der Waals surface area contributed by atoms with Crippen molar-refractivity contribution in [1.29, 1.82) is 0 Å². The normalized spacial score (nSPS) is 11.1. The van der Waals surface area contributed by atoms with Gasteiger partial charge in [-0.05, 0) is 36.1 Å². The van der Waals surface area contributed by atoms with E-state index in [0.29, 0.717) is 17.4 Å². The number of amides is 1. The monoisotopic (exact) mass is 249 g/mol. The summed E-state index contributed by atoms with van der Waals surface area (Å²) < 4.78 is 5.07. The lowest BCUT2D eigenvalue weighted by molar-refractivity contribution is 0.0910. The average molecular weight is 249 g/mol. The van der Waals surface area contributed by atoms with Crippen LogP contribution in [0.4, 0.5) is 0 Å². The van der Waals surface area contributed by atoms with Crippen LogP contribution < -0.4 is 10.1 Å². The average Bonchev–Trinajstić information content (AvgIpc) is 2.35. The molecule has 0 spiro atoms. The van der Waals surface area contributed by atoms with Crippen LogP contribution >= 0.6 is 0 Å². The number of hydrogen-bond donors (Lipinski definition) is 1. The van der Waals surface area contributed by atoms with Crippen LogP contribution in [0.25, 0.3) is 0 Å². The Morgan fingerprint density at radius 2 is 1.56 bits per heavy atom. The fourth-order valence-electron chi connectivity index (χ4n) is 2.08. The van der Waals surface area contributed by atoms with E-state index in [9.17, 15) is 4.79 Å². The number of benzene rings is 1. The van der Waals surface area contributed by atoms with E-state index in [2.05, 4.69) is 33.0 Å². The number of carbonyl (C=O) groups excluding carboxylic acids is 1. The van der Waals surface area contributed by atoms with Crippen molar-refractivity contribution in [1.82, 2.24) is 5.32 Å². The van der Waals surface area contributed by atoms with E-state index in [1.54, 1.807) is 31.4 Å². The summed E-state index contributed by atoms with van der Waals surface area (Å²) in [6.45, 7) is 8.50. The van der Waals surface area contributed by atoms with E-state index in [1.807, 2.05) is 0 Å². The van der Waals surface area contributed by atoms with E-state index in [0.717, 1.165) is 5.75 Å². The highest BCUT2D eigenvalue weighted by molar-refractivity contribution is 5.94. The highest BCUT2D eigenvalue weighted by atomic mass is 16.5. The zero-order valence-corrected chi connectivity index (χ0v) is 11.9. The summed E-state index contributed by atoms with van der Waals surface area (Å²) >= 11 is 0. The minimum atomic E-state index is -0.0231. The third-order valence-corrected chi connectivity index (χ3v) is 3.09. The lowest BCUT2D eigenvalue weighted by atomic mass is 9.93. The Morgan fingerprint density at radius 1 is 1.06 bits per heavy atom. The van der Waals surface area contributed by atoms with Crippen LogP contribution in [0.2, 0.25) is 0 Å². The number of rotatable bonds is 5. The molecule has 0 saturated carbocycles. The second kappa shape index (κ2) is 6.43. The number of hydrogen-bond acceptors (Lipinski definition) is 2. The molecule has 0 fully saturated rings. The molecule has 0 radical (unpaired) electrons. The topological polar surface area (TPSA) is 38.3 Å². The molecule has 1 N–H and O–H groups in total. The molecule has 3 nitrogen and oxygen atoms in total. The van der Waals surface area contributed by atoms with Gasteiger partial charge in [0, 0.05) is 11.6 Å². The first-order valence-electron chi connectivity index (χ1n) is 6.40. The molecule has 0 aliphatic rings. The standard InChI is InChI=1S/C15H23NO2/c1-10(2)14(11(3)4)16-15(17)12-6-8-13(18-5)9-7-12/h6-11,14H,1-5H3,(H,16,17). The quantitative estimate of drug-likeness (QED) is 0.870. The largest absolute Gasteiger partial charge is 0.497 e. The Labute approximate surface area is 110 Å². The smallest absolute Gasteiger partial charge is 0.251 e. The van der Waals surface area contributed by atoms with Gasteiger partial charge in [0.1, 0.15) is 5.75 Å². The number of methoxy groups -OCH3 is 1. The maximum absolute atomic E-state index is 12.1. The Morgan fingerprint density at radius 3 is 1.94 bits per heavy atom. The molecule has 0 heterocycles. The highest BCUT2D eigenvalue weighted by Gasteiger charge is 2.20. The summed E-state index contributed by atoms with van der Waals surface area (Å²) in [5.41, 5.74) is 0.669. The fourth-order valence-corrected chi connectivity index (χ4v) is 2.08. The van der Waals surface area contributed by atoms with Gasteiger partial charge < -0.3 is 10.1 Å². The van der Waals surface area contributed by atoms with E-state index in [1.165, 1.54) is 0 Å². The van der Waals surface area contributed by atoms with Crippen LogP contribution in [0.3, 0.4) is 0 Å². The Bertz CT molecular complexity index is 374. The number of ether oxygens (including phenoxy) is 1. The molecule has 0 aromatic heterocycles. The summed E-state index contributed by atoms with van der Waals surface area (Å²) in [7, 11) is 1.61. The predicted octanol–water partition coefficient (Wildman–Crippen LogP) is 3.11. The van der Waals surface area contributed by atoms with Gasteiger partial charge >= 0.3 is 0 Å². The molecule has 1 aromatic rings. The lowest BCUT2D eigenvalue weighted by Crippen LogP contribution is -2.42. The van der Waals surface area contributed by atoms with Gasteiger partial charge in [-0.3, -0.25) is 4.79 Å². The first kappa shape index (κ1) is 14.6. The van der Waals surface area contributed by atoms with Crippen LogP contribution in [0.1, 0.15) is 38.1 Å². The first-order valence-corrected chi connectivity index (χ1v) is 6.40. The van der Waals surface area contributed by atoms with Crippen molar-refractivity contribution in [2.45, 2.75) is 33.7 Å². The van der Waals surface area contributed by atoms with Gasteiger partial charge in [0.25, 0.3) is 5.91 Å². The van der Waals surface area contributed by atoms with Crippen molar-refractivity contribution in [3.05, 3.63) is 29.8 Å². The van der Waals surface area contributed by atoms with Crippen molar-refractivity contribution in [2.24, 2.45) is 11.8 Å². The number of nitrogens with one attached hydrogen (secondary N) is 1. The minimum absolute atomic E-state index is 0.0231. The van der Waals surface area contributed by atoms with Crippen LogP contribution in [0.5, 0.6) is 5.75 Å². The second-order valence-corrected chi connectivity index (χ2v) is 5.22. The van der Waals surface area contributed by atoms with Crippen LogP contribution in [-0.2, 0) is 0 Å². The minimum Gasteiger partial charge on any atom is -0.497 e. The Hall–Kier alpha value is -1.51. The van der Waals surface area contributed by atoms with Gasteiger partial charge in [0.05, 0.1) is 7.11 Å². The zero-order valence-electron chi connectivity index (χ0n) is 11.9. The molecule has 0 aliphatic carbocycles. The predicted molar refractivity (Wildman–Crippen MR) is 73.9 cm³/mol. The van der Waals surface area contributed by atoms with Crippen molar-refractivity contribution >= 4 is 5.91 Å². The molecule has 18 heavy (non-hydrogen) atoms. The van der Waals surface area contributed by atoms with Crippen molar-refractivity contribution in [2.75, 3.05) is 7.11 Å². The van der Waals surface area contributed by atoms with Crippen molar-refractivity contribution in [3.63, 3.8) is 0 Å². The van der Waals surface area contributed by atoms with Gasteiger partial charge in [0.2, 0.25) is 0 Å². The first-order chi connectivity index (χ1) is 8.45. The highest BCUT2D eigenvalue weighted by Crippen LogP contribution is 2.15.